The maximum Gasteiger partial charge on any atom is 0.326 e. The zero-order valence-corrected chi connectivity index (χ0v) is 18.3. The van der Waals surface area contributed by atoms with E-state index in [-0.39, 0.29) is 18.6 Å². The van der Waals surface area contributed by atoms with Gasteiger partial charge in [0.25, 0.3) is 5.91 Å². The van der Waals surface area contributed by atoms with Gasteiger partial charge in [-0.3, -0.25) is 14.4 Å². The number of carbonyl (C=O) groups is 2. The van der Waals surface area contributed by atoms with Gasteiger partial charge in [-0.2, -0.15) is 0 Å². The number of benzene rings is 3. The number of aryl methyl sites for hydroxylation is 3. The number of amides is 1. The number of pyridine rings is 1. The molecule has 0 spiro atoms. The van der Waals surface area contributed by atoms with Crippen molar-refractivity contribution in [2.24, 2.45) is 0 Å². The van der Waals surface area contributed by atoms with Crippen molar-refractivity contribution in [3.8, 4) is 0 Å². The third kappa shape index (κ3) is 4.12. The Bertz CT molecular complexity index is 1340. The van der Waals surface area contributed by atoms with Crippen LogP contribution in [0.1, 0.15) is 16.7 Å². The van der Waals surface area contributed by atoms with Gasteiger partial charge >= 0.3 is 5.97 Å². The van der Waals surface area contributed by atoms with Crippen molar-refractivity contribution in [2.45, 2.75) is 27.3 Å². The highest BCUT2D eigenvalue weighted by atomic mass is 16.5. The molecule has 0 fully saturated rings. The molecular weight excluding hydrogens is 404 g/mol. The highest BCUT2D eigenvalue weighted by Gasteiger charge is 2.15. The Kier molecular flexibility index (Phi) is 5.77. The topological polar surface area (TPSA) is 77.4 Å². The first-order chi connectivity index (χ1) is 15.3. The fourth-order valence-corrected chi connectivity index (χ4v) is 4.12. The van der Waals surface area contributed by atoms with Gasteiger partial charge in [0.15, 0.2) is 12.0 Å². The van der Waals surface area contributed by atoms with Gasteiger partial charge < -0.3 is 14.6 Å². The van der Waals surface area contributed by atoms with Crippen molar-refractivity contribution in [3.63, 3.8) is 0 Å². The number of aromatic nitrogens is 1. The molecule has 4 rings (SSSR count). The predicted octanol–water partition coefficient (Wildman–Crippen LogP) is 4.26. The molecule has 0 saturated heterocycles. The lowest BCUT2D eigenvalue weighted by Crippen LogP contribution is -2.24. The molecule has 1 N–H and O–H groups in total. The second-order valence-corrected chi connectivity index (χ2v) is 7.93. The van der Waals surface area contributed by atoms with Crippen LogP contribution in [0.3, 0.4) is 0 Å². The van der Waals surface area contributed by atoms with E-state index in [1.165, 1.54) is 0 Å². The van der Waals surface area contributed by atoms with Crippen molar-refractivity contribution in [1.29, 1.82) is 0 Å². The summed E-state index contributed by atoms with van der Waals surface area (Å²) in [6, 6.07) is 18.3. The van der Waals surface area contributed by atoms with Gasteiger partial charge in [-0.25, -0.2) is 0 Å². The molecule has 0 aliphatic rings. The van der Waals surface area contributed by atoms with Gasteiger partial charge in [-0.05, 0) is 56.2 Å². The minimum Gasteiger partial charge on any atom is -0.454 e. The van der Waals surface area contributed by atoms with E-state index in [1.807, 2.05) is 45.0 Å². The molecule has 0 saturated carbocycles. The first-order valence-electron chi connectivity index (χ1n) is 10.4. The number of fused-ring (bicyclic) bond motifs is 2. The van der Waals surface area contributed by atoms with Gasteiger partial charge in [-0.1, -0.05) is 42.0 Å². The summed E-state index contributed by atoms with van der Waals surface area (Å²) in [7, 11) is 0. The van der Waals surface area contributed by atoms with Crippen LogP contribution in [0.2, 0.25) is 0 Å². The highest BCUT2D eigenvalue weighted by Crippen LogP contribution is 2.22. The summed E-state index contributed by atoms with van der Waals surface area (Å²) in [6.45, 7) is 5.35. The molecular formula is C26H24N2O4. The SMILES string of the molecule is Cc1cc(C)c(NC(=O)COC(=O)Cn2c3ccccc3c(=O)c3ccccc32)c(C)c1. The normalized spacial score (nSPS) is 11.0. The molecule has 4 aromatic rings. The molecule has 0 bridgehead atoms. The molecule has 6 nitrogen and oxygen atoms in total. The summed E-state index contributed by atoms with van der Waals surface area (Å²) < 4.78 is 7.01. The minimum absolute atomic E-state index is 0.0796. The maximum atomic E-state index is 12.8. The van der Waals surface area contributed by atoms with Crippen LogP contribution >= 0.6 is 0 Å². The van der Waals surface area contributed by atoms with Crippen molar-refractivity contribution >= 4 is 39.4 Å². The van der Waals surface area contributed by atoms with Gasteiger partial charge in [0.05, 0.1) is 11.0 Å². The van der Waals surface area contributed by atoms with Crippen LogP contribution in [0.25, 0.3) is 21.8 Å². The number of para-hydroxylation sites is 2. The van der Waals surface area contributed by atoms with Crippen molar-refractivity contribution < 1.29 is 14.3 Å². The van der Waals surface area contributed by atoms with Crippen molar-refractivity contribution in [2.75, 3.05) is 11.9 Å². The Balaban J connectivity index is 1.53. The Hall–Kier alpha value is -3.93. The molecule has 0 unspecified atom stereocenters. The van der Waals surface area contributed by atoms with Crippen LogP contribution < -0.4 is 10.7 Å². The van der Waals surface area contributed by atoms with Crippen LogP contribution in [0.15, 0.2) is 65.5 Å². The average molecular weight is 428 g/mol. The number of anilines is 1. The zero-order chi connectivity index (χ0) is 22.8. The third-order valence-corrected chi connectivity index (χ3v) is 5.47. The summed E-state index contributed by atoms with van der Waals surface area (Å²) in [5.74, 6) is -0.959. The van der Waals surface area contributed by atoms with E-state index in [4.69, 9.17) is 4.74 Å². The molecule has 1 aromatic heterocycles. The average Bonchev–Trinajstić information content (AvgIpc) is 2.77. The summed E-state index contributed by atoms with van der Waals surface area (Å²) >= 11 is 0. The summed E-state index contributed by atoms with van der Waals surface area (Å²) in [5.41, 5.74) is 4.96. The summed E-state index contributed by atoms with van der Waals surface area (Å²) in [5, 5.41) is 3.89. The second-order valence-electron chi connectivity index (χ2n) is 7.93. The molecule has 0 aliphatic carbocycles. The van der Waals surface area contributed by atoms with E-state index in [9.17, 15) is 14.4 Å². The number of nitrogens with zero attached hydrogens (tertiary/aromatic N) is 1. The lowest BCUT2D eigenvalue weighted by molar-refractivity contribution is -0.147. The molecule has 0 atom stereocenters. The Morgan fingerprint density at radius 2 is 1.41 bits per heavy atom. The Morgan fingerprint density at radius 1 is 0.875 bits per heavy atom. The van der Waals surface area contributed by atoms with E-state index in [0.717, 1.165) is 22.4 Å². The summed E-state index contributed by atoms with van der Waals surface area (Å²) in [6.07, 6.45) is 0. The second kappa shape index (κ2) is 8.67. The monoisotopic (exact) mass is 428 g/mol. The molecule has 0 aliphatic heterocycles. The maximum absolute atomic E-state index is 12.8. The Labute approximate surface area is 185 Å². The van der Waals surface area contributed by atoms with Crippen molar-refractivity contribution in [1.82, 2.24) is 4.57 Å². The molecule has 32 heavy (non-hydrogen) atoms. The van der Waals surface area contributed by atoms with Crippen LogP contribution in [0, 0.1) is 20.8 Å². The molecule has 1 amide bonds. The highest BCUT2D eigenvalue weighted by molar-refractivity contribution is 5.96. The Morgan fingerprint density at radius 3 is 1.97 bits per heavy atom. The predicted molar refractivity (Wildman–Crippen MR) is 126 cm³/mol. The van der Waals surface area contributed by atoms with E-state index in [0.29, 0.717) is 21.8 Å². The standard InChI is InChI=1S/C26H24N2O4/c1-16-12-17(2)25(18(3)13-16)27-23(29)15-32-24(30)14-28-21-10-6-4-8-19(21)26(31)20-9-5-7-11-22(20)28/h4-13H,14-15H2,1-3H3,(H,27,29). The molecule has 6 heteroatoms. The van der Waals surface area contributed by atoms with Crippen LogP contribution in [-0.2, 0) is 20.9 Å². The number of rotatable bonds is 5. The van der Waals surface area contributed by atoms with E-state index in [2.05, 4.69) is 5.32 Å². The van der Waals surface area contributed by atoms with Gasteiger partial charge in [0.2, 0.25) is 0 Å². The molecule has 162 valence electrons. The fourth-order valence-electron chi connectivity index (χ4n) is 4.12. The first-order valence-corrected chi connectivity index (χ1v) is 10.4. The summed E-state index contributed by atoms with van der Waals surface area (Å²) in [4.78, 5) is 37.8. The number of nitrogens with one attached hydrogen (secondary N) is 1. The van der Waals surface area contributed by atoms with Crippen LogP contribution in [-0.4, -0.2) is 23.1 Å². The molecule has 0 radical (unpaired) electrons. The van der Waals surface area contributed by atoms with Crippen molar-refractivity contribution in [3.05, 3.63) is 87.6 Å². The number of carbonyl (C=O) groups excluding carboxylic acids is 2. The number of hydrogen-bond acceptors (Lipinski definition) is 4. The quantitative estimate of drug-likeness (QED) is 0.381. The smallest absolute Gasteiger partial charge is 0.326 e. The van der Waals surface area contributed by atoms with Gasteiger partial charge in [0, 0.05) is 16.5 Å². The first kappa shape index (κ1) is 21.3. The zero-order valence-electron chi connectivity index (χ0n) is 18.3. The van der Waals surface area contributed by atoms with Crippen LogP contribution in [0.5, 0.6) is 0 Å². The van der Waals surface area contributed by atoms with E-state index in [1.54, 1.807) is 41.0 Å². The molecule has 3 aromatic carbocycles. The lowest BCUT2D eigenvalue weighted by Gasteiger charge is -2.15. The minimum atomic E-state index is -0.559. The van der Waals surface area contributed by atoms with Gasteiger partial charge in [0.1, 0.15) is 6.54 Å². The van der Waals surface area contributed by atoms with E-state index >= 15 is 0 Å². The van der Waals surface area contributed by atoms with Gasteiger partial charge in [-0.15, -0.1) is 0 Å². The number of ether oxygens (including phenoxy) is 1. The number of esters is 1. The largest absolute Gasteiger partial charge is 0.454 e. The van der Waals surface area contributed by atoms with E-state index < -0.39 is 11.9 Å². The van der Waals surface area contributed by atoms with Crippen LogP contribution in [0.4, 0.5) is 5.69 Å². The lowest BCUT2D eigenvalue weighted by atomic mass is 10.1. The molecule has 1 heterocycles. The fraction of sp³-hybridized carbons (Fsp3) is 0.192. The number of hydrogen-bond donors (Lipinski definition) is 1. The third-order valence-electron chi connectivity index (χ3n) is 5.47.